The van der Waals surface area contributed by atoms with Crippen molar-refractivity contribution in [1.82, 2.24) is 4.57 Å². The van der Waals surface area contributed by atoms with Gasteiger partial charge in [-0.2, -0.15) is 0 Å². The number of halogens is 3. The molecule has 2 aromatic rings. The molecule has 0 saturated heterocycles. The van der Waals surface area contributed by atoms with E-state index in [1.165, 1.54) is 0 Å². The fraction of sp³-hybridized carbons (Fsp3) is 0.438. The lowest BCUT2D eigenvalue weighted by Crippen LogP contribution is -2.21. The molecule has 2 heterocycles. The molecule has 3 rings (SSSR count). The van der Waals surface area contributed by atoms with E-state index in [-0.39, 0.29) is 10.9 Å². The zero-order valence-electron chi connectivity index (χ0n) is 12.5. The predicted molar refractivity (Wildman–Crippen MR) is 84.5 cm³/mol. The molecule has 124 valence electrons. The Balaban J connectivity index is 2.35. The smallest absolute Gasteiger partial charge is 0.306 e. The summed E-state index contributed by atoms with van der Waals surface area (Å²) in [4.78, 5) is 11.1. The SMILES string of the molecule is CCCn1c2c(c3c(Br)c(F)cc(F)c31)CCOC2CC(=O)O. The van der Waals surface area contributed by atoms with Gasteiger partial charge in [-0.1, -0.05) is 6.92 Å². The highest BCUT2D eigenvalue weighted by Gasteiger charge is 2.32. The number of carboxylic acid groups (broad SMARTS) is 1. The van der Waals surface area contributed by atoms with Gasteiger partial charge in [0.2, 0.25) is 0 Å². The van der Waals surface area contributed by atoms with Crippen molar-refractivity contribution >= 4 is 32.8 Å². The van der Waals surface area contributed by atoms with Crippen molar-refractivity contribution in [2.75, 3.05) is 6.61 Å². The number of carboxylic acids is 1. The molecule has 1 aromatic carbocycles. The predicted octanol–water partition coefficient (Wildman–Crippen LogP) is 4.18. The van der Waals surface area contributed by atoms with E-state index in [9.17, 15) is 13.6 Å². The molecule has 4 nitrogen and oxygen atoms in total. The number of rotatable bonds is 4. The molecule has 0 saturated carbocycles. The maximum Gasteiger partial charge on any atom is 0.306 e. The van der Waals surface area contributed by atoms with Crippen LogP contribution in [0.25, 0.3) is 10.9 Å². The number of ether oxygens (including phenoxy) is 1. The van der Waals surface area contributed by atoms with Gasteiger partial charge >= 0.3 is 5.97 Å². The molecule has 0 fully saturated rings. The summed E-state index contributed by atoms with van der Waals surface area (Å²) in [5.74, 6) is -2.28. The fourth-order valence-electron chi connectivity index (χ4n) is 3.31. The Bertz CT molecular complexity index is 788. The van der Waals surface area contributed by atoms with E-state index >= 15 is 0 Å². The second-order valence-corrected chi connectivity index (χ2v) is 6.39. The number of aromatic nitrogens is 1. The molecule has 0 aliphatic carbocycles. The normalized spacial score (nSPS) is 17.5. The number of aliphatic carboxylic acids is 1. The molecule has 1 aliphatic heterocycles. The van der Waals surface area contributed by atoms with Crippen LogP contribution in [0.1, 0.15) is 37.1 Å². The van der Waals surface area contributed by atoms with Crippen molar-refractivity contribution in [1.29, 1.82) is 0 Å². The minimum absolute atomic E-state index is 0.200. The number of benzene rings is 1. The number of nitrogens with zero attached hydrogens (tertiary/aromatic N) is 1. The van der Waals surface area contributed by atoms with Crippen LogP contribution in [0.5, 0.6) is 0 Å². The van der Waals surface area contributed by atoms with Gasteiger partial charge in [-0.05, 0) is 34.3 Å². The minimum atomic E-state index is -0.984. The molecule has 1 aliphatic rings. The summed E-state index contributed by atoms with van der Waals surface area (Å²) in [7, 11) is 0. The standard InChI is InChI=1S/C16H16BrF2NO3/c1-2-4-20-15-8(3-5-23-11(15)7-12(21)22)13-14(17)9(18)6-10(19)16(13)20/h6,11H,2-5,7H2,1H3,(H,21,22). The maximum absolute atomic E-state index is 14.4. The van der Waals surface area contributed by atoms with E-state index in [4.69, 9.17) is 9.84 Å². The van der Waals surface area contributed by atoms with Gasteiger partial charge in [0.25, 0.3) is 0 Å². The van der Waals surface area contributed by atoms with Crippen molar-refractivity contribution in [2.24, 2.45) is 0 Å². The summed E-state index contributed by atoms with van der Waals surface area (Å²) >= 11 is 3.22. The van der Waals surface area contributed by atoms with Crippen LogP contribution < -0.4 is 0 Å². The third-order valence-electron chi connectivity index (χ3n) is 4.10. The Labute approximate surface area is 140 Å². The van der Waals surface area contributed by atoms with Crippen LogP contribution in [0, 0.1) is 11.6 Å². The van der Waals surface area contributed by atoms with Gasteiger partial charge < -0.3 is 14.4 Å². The monoisotopic (exact) mass is 387 g/mol. The first kappa shape index (κ1) is 16.4. The summed E-state index contributed by atoms with van der Waals surface area (Å²) in [6, 6.07) is 0.858. The first-order chi connectivity index (χ1) is 11.0. The highest BCUT2D eigenvalue weighted by molar-refractivity contribution is 9.10. The van der Waals surface area contributed by atoms with E-state index in [0.29, 0.717) is 36.2 Å². The Morgan fingerprint density at radius 2 is 2.22 bits per heavy atom. The molecular weight excluding hydrogens is 372 g/mol. The Morgan fingerprint density at radius 1 is 1.48 bits per heavy atom. The Hall–Kier alpha value is -1.47. The van der Waals surface area contributed by atoms with Crippen molar-refractivity contribution in [3.8, 4) is 0 Å². The van der Waals surface area contributed by atoms with Gasteiger partial charge in [-0.3, -0.25) is 4.79 Å². The molecule has 1 unspecified atom stereocenters. The lowest BCUT2D eigenvalue weighted by atomic mass is 10.0. The quantitative estimate of drug-likeness (QED) is 0.800. The molecule has 0 amide bonds. The summed E-state index contributed by atoms with van der Waals surface area (Å²) in [5.41, 5.74) is 1.74. The minimum Gasteiger partial charge on any atom is -0.481 e. The largest absolute Gasteiger partial charge is 0.481 e. The van der Waals surface area contributed by atoms with Crippen LogP contribution >= 0.6 is 15.9 Å². The van der Waals surface area contributed by atoms with Gasteiger partial charge in [0.05, 0.1) is 28.7 Å². The number of hydrogen-bond donors (Lipinski definition) is 1. The second-order valence-electron chi connectivity index (χ2n) is 5.60. The maximum atomic E-state index is 14.4. The van der Waals surface area contributed by atoms with Gasteiger partial charge in [-0.25, -0.2) is 8.78 Å². The lowest BCUT2D eigenvalue weighted by molar-refractivity contribution is -0.140. The van der Waals surface area contributed by atoms with Crippen LogP contribution in [-0.4, -0.2) is 22.2 Å². The third-order valence-corrected chi connectivity index (χ3v) is 4.88. The van der Waals surface area contributed by atoms with Crippen LogP contribution in [0.15, 0.2) is 10.5 Å². The molecule has 0 radical (unpaired) electrons. The van der Waals surface area contributed by atoms with Crippen molar-refractivity contribution in [3.63, 3.8) is 0 Å². The second kappa shape index (κ2) is 6.20. The van der Waals surface area contributed by atoms with Gasteiger partial charge in [0, 0.05) is 18.0 Å². The zero-order valence-corrected chi connectivity index (χ0v) is 14.1. The van der Waals surface area contributed by atoms with Crippen LogP contribution in [0.2, 0.25) is 0 Å². The van der Waals surface area contributed by atoms with E-state index < -0.39 is 23.7 Å². The first-order valence-electron chi connectivity index (χ1n) is 7.47. The lowest BCUT2D eigenvalue weighted by Gasteiger charge is -2.25. The molecule has 1 N–H and O–H groups in total. The van der Waals surface area contributed by atoms with E-state index in [1.54, 1.807) is 4.57 Å². The summed E-state index contributed by atoms with van der Waals surface area (Å²) in [6.45, 7) is 2.80. The van der Waals surface area contributed by atoms with Crippen LogP contribution in [0.4, 0.5) is 8.78 Å². The van der Waals surface area contributed by atoms with Crippen molar-refractivity contribution < 1.29 is 23.4 Å². The molecule has 23 heavy (non-hydrogen) atoms. The summed E-state index contributed by atoms with van der Waals surface area (Å²) in [5, 5.41) is 9.60. The Kier molecular flexibility index (Phi) is 4.42. The number of fused-ring (bicyclic) bond motifs is 3. The van der Waals surface area contributed by atoms with Gasteiger partial charge in [0.1, 0.15) is 17.7 Å². The molecule has 0 spiro atoms. The average Bonchev–Trinajstić information content (AvgIpc) is 2.81. The van der Waals surface area contributed by atoms with Crippen LogP contribution in [-0.2, 0) is 22.5 Å². The fourth-order valence-corrected chi connectivity index (χ4v) is 3.85. The molecular formula is C16H16BrF2NO3. The van der Waals surface area contributed by atoms with Crippen molar-refractivity contribution in [3.05, 3.63) is 33.4 Å². The number of hydrogen-bond acceptors (Lipinski definition) is 2. The molecule has 0 bridgehead atoms. The van der Waals surface area contributed by atoms with E-state index in [0.717, 1.165) is 18.1 Å². The van der Waals surface area contributed by atoms with E-state index in [1.807, 2.05) is 6.92 Å². The number of aryl methyl sites for hydroxylation is 1. The Morgan fingerprint density at radius 3 is 2.87 bits per heavy atom. The van der Waals surface area contributed by atoms with Crippen molar-refractivity contribution in [2.45, 2.75) is 38.8 Å². The van der Waals surface area contributed by atoms with E-state index in [2.05, 4.69) is 15.9 Å². The topological polar surface area (TPSA) is 51.5 Å². The summed E-state index contributed by atoms with van der Waals surface area (Å²) < 4.78 is 36.0. The summed E-state index contributed by atoms with van der Waals surface area (Å²) in [6.07, 6.45) is 0.392. The first-order valence-corrected chi connectivity index (χ1v) is 8.26. The molecule has 1 atom stereocenters. The highest BCUT2D eigenvalue weighted by atomic mass is 79.9. The highest BCUT2D eigenvalue weighted by Crippen LogP contribution is 2.42. The van der Waals surface area contributed by atoms with Crippen LogP contribution in [0.3, 0.4) is 0 Å². The molecule has 1 aromatic heterocycles. The third kappa shape index (κ3) is 2.65. The zero-order chi connectivity index (χ0) is 16.7. The molecule has 7 heteroatoms. The number of carbonyl (C=O) groups is 1. The van der Waals surface area contributed by atoms with Gasteiger partial charge in [-0.15, -0.1) is 0 Å². The van der Waals surface area contributed by atoms with Gasteiger partial charge in [0.15, 0.2) is 0 Å². The average molecular weight is 388 g/mol.